The zero-order chi connectivity index (χ0) is 18.8. The summed E-state index contributed by atoms with van der Waals surface area (Å²) in [6.07, 6.45) is 2.04. The van der Waals surface area contributed by atoms with E-state index in [1.807, 2.05) is 48.7 Å². The van der Waals surface area contributed by atoms with Crippen molar-refractivity contribution in [3.8, 4) is 22.6 Å². The van der Waals surface area contributed by atoms with E-state index in [0.717, 1.165) is 33.7 Å². The Kier molecular flexibility index (Phi) is 5.35. The first-order valence-corrected chi connectivity index (χ1v) is 9.97. The van der Waals surface area contributed by atoms with Crippen molar-refractivity contribution in [3.05, 3.63) is 99.1 Å². The zero-order valence-electron chi connectivity index (χ0n) is 14.2. The second kappa shape index (κ2) is 7.89. The van der Waals surface area contributed by atoms with Gasteiger partial charge in [-0.2, -0.15) is 0 Å². The van der Waals surface area contributed by atoms with Crippen LogP contribution in [0.25, 0.3) is 22.6 Å². The average Bonchev–Trinajstić information content (AvgIpc) is 3.06. The largest absolute Gasteiger partial charge is 0.326 e. The average molecular weight is 458 g/mol. The molecule has 1 heterocycles. The Morgan fingerprint density at radius 1 is 0.889 bits per heavy atom. The molecule has 27 heavy (non-hydrogen) atoms. The van der Waals surface area contributed by atoms with Gasteiger partial charge in [0.1, 0.15) is 5.82 Å². The van der Waals surface area contributed by atoms with Gasteiger partial charge >= 0.3 is 0 Å². The maximum Gasteiger partial charge on any atom is 0.140 e. The maximum absolute atomic E-state index is 6.41. The van der Waals surface area contributed by atoms with Gasteiger partial charge < -0.3 is 4.57 Å². The quantitative estimate of drug-likeness (QED) is 0.313. The first-order chi connectivity index (χ1) is 13.1. The molecule has 0 atom stereocenters. The Morgan fingerprint density at radius 2 is 1.63 bits per heavy atom. The molecule has 2 nitrogen and oxygen atoms in total. The first-order valence-electron chi connectivity index (χ1n) is 8.42. The van der Waals surface area contributed by atoms with Gasteiger partial charge in [0.2, 0.25) is 0 Å². The third kappa shape index (κ3) is 4.11. The Bertz CT molecular complexity index is 1070. The molecule has 0 spiro atoms. The number of hydrogen-bond acceptors (Lipinski definition) is 1. The van der Waals surface area contributed by atoms with Crippen molar-refractivity contribution in [2.24, 2.45) is 0 Å². The van der Waals surface area contributed by atoms with Crippen LogP contribution in [0.5, 0.6) is 0 Å². The SMILES string of the molecule is Clc1ccc(-c2cn(Cc3ccccc3)c(-c3ccc(Br)cc3)n2)c(Cl)c1. The highest BCUT2D eigenvalue weighted by Gasteiger charge is 2.14. The normalized spacial score (nSPS) is 10.9. The summed E-state index contributed by atoms with van der Waals surface area (Å²) in [5.74, 6) is 0.896. The molecule has 0 amide bonds. The van der Waals surface area contributed by atoms with Crippen molar-refractivity contribution in [1.29, 1.82) is 0 Å². The summed E-state index contributed by atoms with van der Waals surface area (Å²) in [5.41, 5.74) is 3.95. The van der Waals surface area contributed by atoms with Gasteiger partial charge in [-0.3, -0.25) is 0 Å². The van der Waals surface area contributed by atoms with E-state index in [1.165, 1.54) is 5.56 Å². The van der Waals surface area contributed by atoms with E-state index in [1.54, 1.807) is 6.07 Å². The van der Waals surface area contributed by atoms with Crippen molar-refractivity contribution in [2.45, 2.75) is 6.54 Å². The van der Waals surface area contributed by atoms with Gasteiger partial charge in [-0.05, 0) is 35.9 Å². The third-order valence-corrected chi connectivity index (χ3v) is 5.36. The third-order valence-electron chi connectivity index (χ3n) is 4.28. The van der Waals surface area contributed by atoms with E-state index in [2.05, 4.69) is 44.8 Å². The Morgan fingerprint density at radius 3 is 2.33 bits per heavy atom. The molecule has 0 saturated carbocycles. The van der Waals surface area contributed by atoms with E-state index >= 15 is 0 Å². The van der Waals surface area contributed by atoms with Crippen LogP contribution in [0, 0.1) is 0 Å². The second-order valence-corrected chi connectivity index (χ2v) is 7.95. The molecule has 0 saturated heterocycles. The lowest BCUT2D eigenvalue weighted by atomic mass is 10.2. The fourth-order valence-corrected chi connectivity index (χ4v) is 3.74. The van der Waals surface area contributed by atoms with Gasteiger partial charge in [0.05, 0.1) is 10.7 Å². The molecule has 0 fully saturated rings. The minimum atomic E-state index is 0.592. The van der Waals surface area contributed by atoms with Crippen LogP contribution in [-0.2, 0) is 6.54 Å². The number of aromatic nitrogens is 2. The fraction of sp³-hybridized carbons (Fsp3) is 0.0455. The van der Waals surface area contributed by atoms with Gasteiger partial charge in [-0.25, -0.2) is 4.98 Å². The summed E-state index contributed by atoms with van der Waals surface area (Å²) in [7, 11) is 0. The minimum absolute atomic E-state index is 0.592. The van der Waals surface area contributed by atoms with Crippen LogP contribution >= 0.6 is 39.1 Å². The highest BCUT2D eigenvalue weighted by atomic mass is 79.9. The molecule has 0 radical (unpaired) electrons. The summed E-state index contributed by atoms with van der Waals surface area (Å²) in [5, 5.41) is 1.20. The summed E-state index contributed by atoms with van der Waals surface area (Å²) in [4.78, 5) is 4.89. The molecule has 0 N–H and O–H groups in total. The summed E-state index contributed by atoms with van der Waals surface area (Å²) >= 11 is 15.9. The predicted molar refractivity (Wildman–Crippen MR) is 116 cm³/mol. The van der Waals surface area contributed by atoms with E-state index in [-0.39, 0.29) is 0 Å². The standard InChI is InChI=1S/C22H15BrCl2N2/c23-17-8-6-16(7-9-17)22-26-21(19-11-10-18(24)12-20(19)25)14-27(22)13-15-4-2-1-3-5-15/h1-12,14H,13H2. The molecular weight excluding hydrogens is 443 g/mol. The maximum atomic E-state index is 6.41. The minimum Gasteiger partial charge on any atom is -0.326 e. The molecule has 134 valence electrons. The van der Waals surface area contributed by atoms with E-state index < -0.39 is 0 Å². The Balaban J connectivity index is 1.82. The highest BCUT2D eigenvalue weighted by Crippen LogP contribution is 2.32. The van der Waals surface area contributed by atoms with Crippen molar-refractivity contribution in [1.82, 2.24) is 9.55 Å². The number of halogens is 3. The van der Waals surface area contributed by atoms with Gasteiger partial charge in [-0.1, -0.05) is 81.6 Å². The molecule has 0 aliphatic carbocycles. The van der Waals surface area contributed by atoms with E-state index in [0.29, 0.717) is 10.0 Å². The van der Waals surface area contributed by atoms with Crippen LogP contribution in [0.4, 0.5) is 0 Å². The van der Waals surface area contributed by atoms with Crippen LogP contribution in [0.15, 0.2) is 83.5 Å². The summed E-state index contributed by atoms with van der Waals surface area (Å²) in [6.45, 7) is 0.727. The molecule has 4 aromatic rings. The molecular formula is C22H15BrCl2N2. The summed E-state index contributed by atoms with van der Waals surface area (Å²) < 4.78 is 3.19. The smallest absolute Gasteiger partial charge is 0.140 e. The van der Waals surface area contributed by atoms with Crippen molar-refractivity contribution in [3.63, 3.8) is 0 Å². The molecule has 4 rings (SSSR count). The molecule has 0 bridgehead atoms. The van der Waals surface area contributed by atoms with Gasteiger partial charge in [0.15, 0.2) is 0 Å². The van der Waals surface area contributed by atoms with Crippen LogP contribution in [-0.4, -0.2) is 9.55 Å². The van der Waals surface area contributed by atoms with E-state index in [4.69, 9.17) is 28.2 Å². The van der Waals surface area contributed by atoms with Crippen molar-refractivity contribution >= 4 is 39.1 Å². The Hall–Kier alpha value is -2.07. The number of hydrogen-bond donors (Lipinski definition) is 0. The second-order valence-electron chi connectivity index (χ2n) is 6.19. The number of imidazole rings is 1. The van der Waals surface area contributed by atoms with Gasteiger partial charge in [-0.15, -0.1) is 0 Å². The lowest BCUT2D eigenvalue weighted by molar-refractivity contribution is 0.807. The van der Waals surface area contributed by atoms with Gasteiger partial charge in [0.25, 0.3) is 0 Å². The number of rotatable bonds is 4. The molecule has 0 aliphatic rings. The van der Waals surface area contributed by atoms with Crippen molar-refractivity contribution < 1.29 is 0 Å². The van der Waals surface area contributed by atoms with E-state index in [9.17, 15) is 0 Å². The number of benzene rings is 3. The molecule has 0 unspecified atom stereocenters. The summed E-state index contributed by atoms with van der Waals surface area (Å²) in [6, 6.07) is 24.0. The number of nitrogens with zero attached hydrogens (tertiary/aromatic N) is 2. The molecule has 3 aromatic carbocycles. The lowest BCUT2D eigenvalue weighted by Crippen LogP contribution is -2.00. The van der Waals surface area contributed by atoms with Crippen LogP contribution in [0.2, 0.25) is 10.0 Å². The molecule has 0 aliphatic heterocycles. The van der Waals surface area contributed by atoms with Gasteiger partial charge in [0, 0.05) is 33.4 Å². The highest BCUT2D eigenvalue weighted by molar-refractivity contribution is 9.10. The monoisotopic (exact) mass is 456 g/mol. The predicted octanol–water partition coefficient (Wildman–Crippen LogP) is 7.33. The zero-order valence-corrected chi connectivity index (χ0v) is 17.3. The topological polar surface area (TPSA) is 17.8 Å². The molecule has 5 heteroatoms. The first kappa shape index (κ1) is 18.3. The molecule has 1 aromatic heterocycles. The van der Waals surface area contributed by atoms with Crippen LogP contribution in [0.3, 0.4) is 0 Å². The lowest BCUT2D eigenvalue weighted by Gasteiger charge is -2.08. The fourth-order valence-electron chi connectivity index (χ4n) is 2.97. The Labute approximate surface area is 176 Å². The van der Waals surface area contributed by atoms with Crippen LogP contribution in [0.1, 0.15) is 5.56 Å². The van der Waals surface area contributed by atoms with Crippen LogP contribution < -0.4 is 0 Å². The van der Waals surface area contributed by atoms with Crippen molar-refractivity contribution in [2.75, 3.05) is 0 Å².